The van der Waals surface area contributed by atoms with Gasteiger partial charge >= 0.3 is 0 Å². The molecule has 2 unspecified atom stereocenters. The minimum atomic E-state index is -1.04. The maximum atomic E-state index is 10.7. The summed E-state index contributed by atoms with van der Waals surface area (Å²) in [6, 6.07) is 2.34. The number of guanidine groups is 1. The summed E-state index contributed by atoms with van der Waals surface area (Å²) in [7, 11) is 0. The van der Waals surface area contributed by atoms with Crippen molar-refractivity contribution in [2.75, 3.05) is 13.1 Å². The van der Waals surface area contributed by atoms with Crippen molar-refractivity contribution in [2.45, 2.75) is 59.6 Å². The van der Waals surface area contributed by atoms with Crippen LogP contribution in [-0.4, -0.2) is 30.2 Å². The van der Waals surface area contributed by atoms with Crippen LogP contribution in [0.25, 0.3) is 0 Å². The molecular weight excluding hydrogens is 278 g/mol. The number of aryl methyl sites for hydroxylation is 2. The Morgan fingerprint density at radius 1 is 1.50 bits per heavy atom. The van der Waals surface area contributed by atoms with E-state index in [1.165, 1.54) is 0 Å². The van der Waals surface area contributed by atoms with Crippen molar-refractivity contribution in [1.29, 1.82) is 0 Å². The minimum absolute atomic E-state index is 0.287. The predicted octanol–water partition coefficient (Wildman–Crippen LogP) is 2.46. The van der Waals surface area contributed by atoms with Crippen molar-refractivity contribution in [1.82, 2.24) is 10.6 Å². The molecule has 0 saturated heterocycles. The molecular formula is C17H29N3O2. The SMILES string of the molecule is CCNC(=NCC(C)(O)c1cc(C)oc1C)NC1CC1(C)C. The molecule has 1 aliphatic carbocycles. The summed E-state index contributed by atoms with van der Waals surface area (Å²) < 4.78 is 5.52. The maximum absolute atomic E-state index is 10.7. The minimum Gasteiger partial charge on any atom is -0.466 e. The first-order valence-electron chi connectivity index (χ1n) is 8.00. The molecule has 1 saturated carbocycles. The highest BCUT2D eigenvalue weighted by atomic mass is 16.3. The van der Waals surface area contributed by atoms with Gasteiger partial charge in [-0.25, -0.2) is 4.99 Å². The first-order valence-corrected chi connectivity index (χ1v) is 8.00. The third-order valence-electron chi connectivity index (χ3n) is 4.33. The Balaban J connectivity index is 2.07. The molecule has 22 heavy (non-hydrogen) atoms. The molecule has 0 radical (unpaired) electrons. The molecule has 0 aliphatic heterocycles. The average Bonchev–Trinajstić information content (AvgIpc) is 2.82. The summed E-state index contributed by atoms with van der Waals surface area (Å²) in [5.74, 6) is 2.32. The lowest BCUT2D eigenvalue weighted by Gasteiger charge is -2.22. The van der Waals surface area contributed by atoms with Gasteiger partial charge in [-0.15, -0.1) is 0 Å². The van der Waals surface area contributed by atoms with Crippen molar-refractivity contribution < 1.29 is 9.52 Å². The van der Waals surface area contributed by atoms with Crippen LogP contribution in [0.2, 0.25) is 0 Å². The van der Waals surface area contributed by atoms with E-state index in [1.807, 2.05) is 26.8 Å². The summed E-state index contributed by atoms with van der Waals surface area (Å²) in [4.78, 5) is 4.56. The first-order chi connectivity index (χ1) is 10.2. The average molecular weight is 307 g/mol. The zero-order chi connectivity index (χ0) is 16.5. The van der Waals surface area contributed by atoms with Gasteiger partial charge in [-0.05, 0) is 45.6 Å². The zero-order valence-corrected chi connectivity index (χ0v) is 14.6. The van der Waals surface area contributed by atoms with Crippen LogP contribution in [0, 0.1) is 19.3 Å². The van der Waals surface area contributed by atoms with Gasteiger partial charge in [-0.1, -0.05) is 13.8 Å². The second-order valence-electron chi connectivity index (χ2n) is 7.19. The molecule has 2 atom stereocenters. The van der Waals surface area contributed by atoms with Crippen LogP contribution in [0.1, 0.15) is 51.2 Å². The smallest absolute Gasteiger partial charge is 0.191 e. The highest BCUT2D eigenvalue weighted by molar-refractivity contribution is 5.80. The zero-order valence-electron chi connectivity index (χ0n) is 14.6. The fourth-order valence-corrected chi connectivity index (χ4v) is 2.68. The van der Waals surface area contributed by atoms with E-state index in [0.29, 0.717) is 11.5 Å². The van der Waals surface area contributed by atoms with E-state index in [1.54, 1.807) is 6.92 Å². The second-order valence-corrected chi connectivity index (χ2v) is 7.19. The molecule has 2 rings (SSSR count). The van der Waals surface area contributed by atoms with Gasteiger partial charge in [-0.2, -0.15) is 0 Å². The van der Waals surface area contributed by atoms with Gasteiger partial charge in [0.1, 0.15) is 17.1 Å². The van der Waals surface area contributed by atoms with Gasteiger partial charge in [-0.3, -0.25) is 0 Å². The van der Waals surface area contributed by atoms with Gasteiger partial charge in [0.05, 0.1) is 6.54 Å². The van der Waals surface area contributed by atoms with Gasteiger partial charge < -0.3 is 20.2 Å². The van der Waals surface area contributed by atoms with Crippen molar-refractivity contribution in [3.05, 3.63) is 23.2 Å². The summed E-state index contributed by atoms with van der Waals surface area (Å²) in [6.07, 6.45) is 1.15. The Bertz CT molecular complexity index is 558. The highest BCUT2D eigenvalue weighted by Gasteiger charge is 2.46. The number of aliphatic imine (C=N–C) groups is 1. The van der Waals surface area contributed by atoms with Crippen LogP contribution < -0.4 is 10.6 Å². The molecule has 5 nitrogen and oxygen atoms in total. The largest absolute Gasteiger partial charge is 0.466 e. The molecule has 1 heterocycles. The maximum Gasteiger partial charge on any atom is 0.191 e. The van der Waals surface area contributed by atoms with Crippen molar-refractivity contribution in [2.24, 2.45) is 10.4 Å². The lowest BCUT2D eigenvalue weighted by Crippen LogP contribution is -2.41. The molecule has 5 heteroatoms. The first kappa shape index (κ1) is 16.9. The predicted molar refractivity (Wildman–Crippen MR) is 89.1 cm³/mol. The number of furan rings is 1. The van der Waals surface area contributed by atoms with Crippen LogP contribution in [0.5, 0.6) is 0 Å². The molecule has 0 amide bonds. The van der Waals surface area contributed by atoms with Crippen LogP contribution in [0.3, 0.4) is 0 Å². The third kappa shape index (κ3) is 3.83. The number of hydrogen-bond acceptors (Lipinski definition) is 3. The molecule has 0 aromatic carbocycles. The number of aliphatic hydroxyl groups is 1. The molecule has 0 bridgehead atoms. The lowest BCUT2D eigenvalue weighted by atomic mass is 9.96. The Hall–Kier alpha value is -1.49. The lowest BCUT2D eigenvalue weighted by molar-refractivity contribution is 0.0657. The van der Waals surface area contributed by atoms with E-state index in [-0.39, 0.29) is 6.54 Å². The number of hydrogen-bond donors (Lipinski definition) is 3. The summed E-state index contributed by atoms with van der Waals surface area (Å²) in [5.41, 5.74) is 0.0941. The second kappa shape index (κ2) is 5.95. The van der Waals surface area contributed by atoms with E-state index in [4.69, 9.17) is 4.42 Å². The summed E-state index contributed by atoms with van der Waals surface area (Å²) >= 11 is 0. The van der Waals surface area contributed by atoms with E-state index in [9.17, 15) is 5.11 Å². The monoisotopic (exact) mass is 307 g/mol. The Morgan fingerprint density at radius 3 is 2.59 bits per heavy atom. The van der Waals surface area contributed by atoms with Crippen molar-refractivity contribution >= 4 is 5.96 Å². The number of rotatable bonds is 5. The summed E-state index contributed by atoms with van der Waals surface area (Å²) in [6.45, 7) is 13.1. The van der Waals surface area contributed by atoms with E-state index >= 15 is 0 Å². The highest BCUT2D eigenvalue weighted by Crippen LogP contribution is 2.44. The van der Waals surface area contributed by atoms with Gasteiger partial charge in [0.15, 0.2) is 5.96 Å². The fourth-order valence-electron chi connectivity index (χ4n) is 2.68. The third-order valence-corrected chi connectivity index (χ3v) is 4.33. The van der Waals surface area contributed by atoms with Gasteiger partial charge in [0.2, 0.25) is 0 Å². The van der Waals surface area contributed by atoms with Crippen molar-refractivity contribution in [3.63, 3.8) is 0 Å². The van der Waals surface area contributed by atoms with E-state index in [2.05, 4.69) is 29.5 Å². The standard InChI is InChI=1S/C17H29N3O2/c1-7-18-15(20-14-9-16(14,4)5)19-10-17(6,21)13-8-11(2)22-12(13)3/h8,14,21H,7,9-10H2,1-6H3,(H2,18,19,20). The van der Waals surface area contributed by atoms with Gasteiger partial charge in [0.25, 0.3) is 0 Å². The molecule has 124 valence electrons. The van der Waals surface area contributed by atoms with Crippen LogP contribution in [0.4, 0.5) is 0 Å². The fraction of sp³-hybridized carbons (Fsp3) is 0.706. The molecule has 1 aromatic heterocycles. The number of nitrogens with zero attached hydrogens (tertiary/aromatic N) is 1. The number of nitrogens with one attached hydrogen (secondary N) is 2. The van der Waals surface area contributed by atoms with Crippen molar-refractivity contribution in [3.8, 4) is 0 Å². The Labute approximate surface area is 133 Å². The van der Waals surface area contributed by atoms with Crippen LogP contribution in [0.15, 0.2) is 15.5 Å². The molecule has 1 fully saturated rings. The Kier molecular flexibility index (Phi) is 4.57. The molecule has 1 aliphatic rings. The Morgan fingerprint density at radius 2 is 2.14 bits per heavy atom. The van der Waals surface area contributed by atoms with E-state index < -0.39 is 5.60 Å². The van der Waals surface area contributed by atoms with Crippen LogP contribution in [-0.2, 0) is 5.60 Å². The molecule has 1 aromatic rings. The topological polar surface area (TPSA) is 69.8 Å². The van der Waals surface area contributed by atoms with Crippen LogP contribution >= 0.6 is 0 Å². The molecule has 0 spiro atoms. The molecule has 3 N–H and O–H groups in total. The van der Waals surface area contributed by atoms with Gasteiger partial charge in [0, 0.05) is 18.2 Å². The normalized spacial score (nSPS) is 23.0. The summed E-state index contributed by atoms with van der Waals surface area (Å²) in [5, 5.41) is 17.4. The quantitative estimate of drug-likeness (QED) is 0.577. The van der Waals surface area contributed by atoms with E-state index in [0.717, 1.165) is 36.0 Å².